The van der Waals surface area contributed by atoms with Gasteiger partial charge in [0.25, 0.3) is 0 Å². The average Bonchev–Trinajstić information content (AvgIpc) is 3.44. The van der Waals surface area contributed by atoms with Gasteiger partial charge in [-0.25, -0.2) is 9.29 Å². The second-order valence-corrected chi connectivity index (χ2v) is 14.2. The van der Waals surface area contributed by atoms with E-state index in [1.54, 1.807) is 49.6 Å². The van der Waals surface area contributed by atoms with Crippen LogP contribution < -0.4 is 9.64 Å². The van der Waals surface area contributed by atoms with E-state index in [9.17, 15) is 33.8 Å². The summed E-state index contributed by atoms with van der Waals surface area (Å²) in [6, 6.07) is 15.1. The maximum absolute atomic E-state index is 14.6. The third kappa shape index (κ3) is 4.71. The first-order chi connectivity index (χ1) is 23.5. The summed E-state index contributed by atoms with van der Waals surface area (Å²) >= 11 is 6.10. The number of benzene rings is 3. The van der Waals surface area contributed by atoms with Crippen molar-refractivity contribution in [1.82, 2.24) is 4.90 Å². The van der Waals surface area contributed by atoms with E-state index in [0.717, 1.165) is 22.1 Å². The third-order valence-electron chi connectivity index (χ3n) is 11.2. The molecule has 2 saturated heterocycles. The lowest BCUT2D eigenvalue weighted by Gasteiger charge is -2.49. The molecule has 0 radical (unpaired) electrons. The van der Waals surface area contributed by atoms with Crippen molar-refractivity contribution in [2.45, 2.75) is 32.6 Å². The van der Waals surface area contributed by atoms with Crippen molar-refractivity contribution < 1.29 is 38.5 Å². The van der Waals surface area contributed by atoms with Crippen LogP contribution in [-0.2, 0) is 32.0 Å². The summed E-state index contributed by atoms with van der Waals surface area (Å²) in [7, 11) is 0. The predicted octanol–water partition coefficient (Wildman–Crippen LogP) is 5.72. The lowest BCUT2D eigenvalue weighted by atomic mass is 9.51. The monoisotopic (exact) mass is 682 g/mol. The summed E-state index contributed by atoms with van der Waals surface area (Å²) in [6.07, 6.45) is 4.79. The number of phenolic OH excluding ortho intramolecular Hbond substituents is 2. The normalized spacial score (nSPS) is 28.8. The molecule has 0 aromatic heterocycles. The van der Waals surface area contributed by atoms with E-state index in [-0.39, 0.29) is 47.0 Å². The van der Waals surface area contributed by atoms with Crippen molar-refractivity contribution in [2.75, 3.05) is 11.4 Å². The van der Waals surface area contributed by atoms with Gasteiger partial charge in [0, 0.05) is 24.4 Å². The minimum atomic E-state index is -1.30. The van der Waals surface area contributed by atoms with Crippen molar-refractivity contribution >= 4 is 40.9 Å². The summed E-state index contributed by atoms with van der Waals surface area (Å²) in [5.74, 6) is -4.78. The van der Waals surface area contributed by atoms with Gasteiger partial charge in [0.05, 0.1) is 40.1 Å². The Morgan fingerprint density at radius 1 is 0.939 bits per heavy atom. The van der Waals surface area contributed by atoms with Gasteiger partial charge in [-0.3, -0.25) is 24.1 Å². The number of imide groups is 2. The largest absolute Gasteiger partial charge is 0.508 e. The number of carbonyl (C=O) groups excluding carboxylic acids is 4. The van der Waals surface area contributed by atoms with Crippen LogP contribution in [0.2, 0.25) is 5.02 Å². The average molecular weight is 683 g/mol. The maximum atomic E-state index is 14.6. The smallest absolute Gasteiger partial charge is 0.241 e. The molecular formula is C38H32ClFN2O7. The summed E-state index contributed by atoms with van der Waals surface area (Å²) in [6.45, 7) is 1.94. The van der Waals surface area contributed by atoms with Crippen molar-refractivity contribution in [3.8, 4) is 17.2 Å². The third-order valence-corrected chi connectivity index (χ3v) is 11.5. The van der Waals surface area contributed by atoms with Gasteiger partial charge in [-0.2, -0.15) is 0 Å². The molecule has 5 aliphatic rings. The highest BCUT2D eigenvalue weighted by atomic mass is 35.5. The number of hydrogen-bond acceptors (Lipinski definition) is 7. The van der Waals surface area contributed by atoms with Crippen LogP contribution in [0.4, 0.5) is 10.1 Å². The number of aromatic hydroxyl groups is 2. The topological polar surface area (TPSA) is 124 Å². The zero-order valence-corrected chi connectivity index (χ0v) is 27.2. The second-order valence-electron chi connectivity index (χ2n) is 13.8. The van der Waals surface area contributed by atoms with E-state index in [1.807, 2.05) is 6.08 Å². The van der Waals surface area contributed by atoms with Gasteiger partial charge in [-0.1, -0.05) is 35.4 Å². The molecule has 3 aromatic carbocycles. The van der Waals surface area contributed by atoms with E-state index in [1.165, 1.54) is 23.1 Å². The van der Waals surface area contributed by atoms with Crippen LogP contribution >= 0.6 is 11.6 Å². The van der Waals surface area contributed by atoms with E-state index < -0.39 is 52.6 Å². The number of phenols is 2. The van der Waals surface area contributed by atoms with Gasteiger partial charge in [0.1, 0.15) is 23.1 Å². The molecule has 6 atom stereocenters. The highest BCUT2D eigenvalue weighted by Gasteiger charge is 2.68. The van der Waals surface area contributed by atoms with Gasteiger partial charge in [-0.15, -0.1) is 0 Å². The van der Waals surface area contributed by atoms with Crippen LogP contribution in [0.25, 0.3) is 0 Å². The first-order valence-corrected chi connectivity index (χ1v) is 16.7. The molecule has 2 N–H and O–H groups in total. The summed E-state index contributed by atoms with van der Waals surface area (Å²) in [5, 5.41) is 19.7. The van der Waals surface area contributed by atoms with Gasteiger partial charge in [-0.05, 0) is 91.8 Å². The quantitative estimate of drug-likeness (QED) is 0.261. The summed E-state index contributed by atoms with van der Waals surface area (Å²) in [5.41, 5.74) is 1.96. The van der Waals surface area contributed by atoms with E-state index in [0.29, 0.717) is 36.1 Å². The Balaban J connectivity index is 1.19. The van der Waals surface area contributed by atoms with Crippen LogP contribution in [0.5, 0.6) is 17.2 Å². The first-order valence-electron chi connectivity index (χ1n) is 16.3. The molecule has 9 nitrogen and oxygen atoms in total. The van der Waals surface area contributed by atoms with E-state index >= 15 is 0 Å². The Morgan fingerprint density at radius 2 is 1.69 bits per heavy atom. The van der Waals surface area contributed by atoms with E-state index in [2.05, 4.69) is 0 Å². The second kappa shape index (κ2) is 11.3. The number of halogens is 2. The minimum absolute atomic E-state index is 0.0582. The fourth-order valence-corrected chi connectivity index (χ4v) is 9.08. The molecule has 3 fully saturated rings. The van der Waals surface area contributed by atoms with Crippen LogP contribution in [0.1, 0.15) is 30.9 Å². The van der Waals surface area contributed by atoms with Crippen LogP contribution in [0.3, 0.4) is 0 Å². The Labute approximate surface area is 286 Å². The number of nitrogens with zero attached hydrogens (tertiary/aromatic N) is 2. The van der Waals surface area contributed by atoms with Crippen LogP contribution in [-0.4, -0.2) is 45.3 Å². The maximum Gasteiger partial charge on any atom is 0.241 e. The van der Waals surface area contributed by atoms with Gasteiger partial charge in [0.15, 0.2) is 0 Å². The molecule has 3 aromatic rings. The molecule has 3 aliphatic heterocycles. The zero-order chi connectivity index (χ0) is 34.4. The Morgan fingerprint density at radius 3 is 2.45 bits per heavy atom. The number of allylic oxidation sites excluding steroid dienone is 3. The molecule has 11 heteroatoms. The van der Waals surface area contributed by atoms with E-state index in [4.69, 9.17) is 16.3 Å². The minimum Gasteiger partial charge on any atom is -0.508 e. The van der Waals surface area contributed by atoms with Crippen molar-refractivity contribution in [3.05, 3.63) is 106 Å². The van der Waals surface area contributed by atoms with Crippen molar-refractivity contribution in [1.29, 1.82) is 0 Å². The van der Waals surface area contributed by atoms with Gasteiger partial charge in [0.2, 0.25) is 23.6 Å². The molecule has 49 heavy (non-hydrogen) atoms. The lowest BCUT2D eigenvalue weighted by Crippen LogP contribution is -2.51. The molecular weight excluding hydrogens is 651 g/mol. The number of rotatable bonds is 5. The molecule has 0 spiro atoms. The van der Waals surface area contributed by atoms with Crippen molar-refractivity contribution in [3.63, 3.8) is 0 Å². The Kier molecular flexibility index (Phi) is 7.22. The number of carbonyl (C=O) groups is 4. The molecule has 8 rings (SSSR count). The SMILES string of the molecule is CC12C(=O)N(c3ccc(F)c(Cl)c3)C(=O)C1CC1C(=CCC3C(=O)N(CCc4ccc(O)cc4)C(=O)C31)C2C1=COc2ccc(O)cc2C1. The number of ether oxygens (including phenoxy) is 1. The van der Waals surface area contributed by atoms with Crippen LogP contribution in [0.15, 0.2) is 84.1 Å². The Hall–Kier alpha value is -4.96. The number of likely N-dealkylation sites (tertiary alicyclic amines) is 1. The molecule has 4 amide bonds. The highest BCUT2D eigenvalue weighted by molar-refractivity contribution is 6.31. The molecule has 6 unspecified atom stereocenters. The summed E-state index contributed by atoms with van der Waals surface area (Å²) < 4.78 is 20.2. The fraction of sp³-hybridized carbons (Fsp3) is 0.316. The predicted molar refractivity (Wildman–Crippen MR) is 176 cm³/mol. The zero-order valence-electron chi connectivity index (χ0n) is 26.4. The summed E-state index contributed by atoms with van der Waals surface area (Å²) in [4.78, 5) is 59.3. The van der Waals surface area contributed by atoms with Gasteiger partial charge < -0.3 is 14.9 Å². The molecule has 2 aliphatic carbocycles. The number of fused-ring (bicyclic) bond motifs is 5. The van der Waals surface area contributed by atoms with Gasteiger partial charge >= 0.3 is 0 Å². The standard InChI is InChI=1S/C38H32ClFN2O7/c1-38-28(35(46)42(37(38)48)22-4-10-30(40)29(39)16-22)17-27-25(33(38)21-14-20-15-24(44)7-11-31(20)49-18-21)8-9-26-32(27)36(47)41(34(26)45)13-12-19-2-5-23(43)6-3-19/h2-8,10-11,15-16,18,26-28,32-33,43-44H,9,12-14,17H2,1H3. The first kappa shape index (κ1) is 31.3. The molecule has 3 heterocycles. The molecule has 250 valence electrons. The Bertz CT molecular complexity index is 2030. The molecule has 1 saturated carbocycles. The number of anilines is 1. The highest BCUT2D eigenvalue weighted by Crippen LogP contribution is 2.63. The number of hydrogen-bond donors (Lipinski definition) is 2. The van der Waals surface area contributed by atoms with Crippen molar-refractivity contribution in [2.24, 2.45) is 35.0 Å². The van der Waals surface area contributed by atoms with Crippen LogP contribution in [0, 0.1) is 40.8 Å². The number of amides is 4. The lowest BCUT2D eigenvalue weighted by molar-refractivity contribution is -0.140. The molecule has 0 bridgehead atoms. The fourth-order valence-electron chi connectivity index (χ4n) is 8.91.